The molecular weight excluding hydrogens is 370 g/mol. The van der Waals surface area contributed by atoms with E-state index in [2.05, 4.69) is 15.8 Å². The maximum absolute atomic E-state index is 12.8. The van der Waals surface area contributed by atoms with Gasteiger partial charge in [0.1, 0.15) is 0 Å². The van der Waals surface area contributed by atoms with E-state index in [1.54, 1.807) is 11.3 Å². The number of nitrogens with one attached hydrogen (secondary N) is 2. The van der Waals surface area contributed by atoms with Crippen LogP contribution in [0.4, 0.5) is 0 Å². The molecule has 2 amide bonds. The van der Waals surface area contributed by atoms with Crippen LogP contribution in [0.15, 0.2) is 83.3 Å². The molecule has 142 valence electrons. The summed E-state index contributed by atoms with van der Waals surface area (Å²) in [6, 6.07) is 22.9. The number of hydrazone groups is 1. The van der Waals surface area contributed by atoms with Crippen LogP contribution in [-0.4, -0.2) is 24.1 Å². The Kier molecular flexibility index (Phi) is 6.70. The normalized spacial score (nSPS) is 11.3. The predicted molar refractivity (Wildman–Crippen MR) is 112 cm³/mol. The maximum atomic E-state index is 12.8. The van der Waals surface area contributed by atoms with Gasteiger partial charge in [0.25, 0.3) is 5.91 Å². The third-order valence-corrected chi connectivity index (χ3v) is 5.16. The van der Waals surface area contributed by atoms with Crippen molar-refractivity contribution in [3.63, 3.8) is 0 Å². The fourth-order valence-electron chi connectivity index (χ4n) is 2.78. The van der Waals surface area contributed by atoms with E-state index in [-0.39, 0.29) is 18.4 Å². The summed E-state index contributed by atoms with van der Waals surface area (Å²) in [7, 11) is 0. The first-order valence-corrected chi connectivity index (χ1v) is 9.77. The van der Waals surface area contributed by atoms with Crippen molar-refractivity contribution >= 4 is 28.9 Å². The van der Waals surface area contributed by atoms with E-state index < -0.39 is 5.92 Å². The highest BCUT2D eigenvalue weighted by Crippen LogP contribution is 2.24. The number of nitrogens with zero attached hydrogens (tertiary/aromatic N) is 1. The highest BCUT2D eigenvalue weighted by atomic mass is 32.1. The van der Waals surface area contributed by atoms with E-state index in [1.165, 1.54) is 0 Å². The van der Waals surface area contributed by atoms with Gasteiger partial charge in [-0.3, -0.25) is 9.59 Å². The first kappa shape index (κ1) is 19.5. The Labute approximate surface area is 168 Å². The Morgan fingerprint density at radius 3 is 2.07 bits per heavy atom. The van der Waals surface area contributed by atoms with Crippen LogP contribution in [0.1, 0.15) is 28.8 Å². The molecule has 2 aromatic carbocycles. The molecule has 0 unspecified atom stereocenters. The van der Waals surface area contributed by atoms with Gasteiger partial charge in [0.05, 0.1) is 18.2 Å². The highest BCUT2D eigenvalue weighted by molar-refractivity contribution is 7.12. The molecule has 0 atom stereocenters. The van der Waals surface area contributed by atoms with Crippen LogP contribution in [0.2, 0.25) is 0 Å². The SMILES string of the molecule is CC(=NNC(=O)CNC(=O)C(c1ccccc1)c1ccccc1)c1cccs1. The fraction of sp³-hybridized carbons (Fsp3) is 0.136. The number of benzene rings is 2. The molecule has 5 nitrogen and oxygen atoms in total. The minimum atomic E-state index is -0.480. The summed E-state index contributed by atoms with van der Waals surface area (Å²) < 4.78 is 0. The molecule has 0 aliphatic heterocycles. The topological polar surface area (TPSA) is 70.6 Å². The summed E-state index contributed by atoms with van der Waals surface area (Å²) in [5, 5.41) is 8.75. The lowest BCUT2D eigenvalue weighted by Crippen LogP contribution is -2.38. The number of thiophene rings is 1. The van der Waals surface area contributed by atoms with Crippen LogP contribution in [-0.2, 0) is 9.59 Å². The zero-order chi connectivity index (χ0) is 19.8. The van der Waals surface area contributed by atoms with Gasteiger partial charge in [-0.25, -0.2) is 5.43 Å². The van der Waals surface area contributed by atoms with Gasteiger partial charge in [-0.1, -0.05) is 66.7 Å². The lowest BCUT2D eigenvalue weighted by atomic mass is 9.90. The lowest BCUT2D eigenvalue weighted by Gasteiger charge is -2.17. The summed E-state index contributed by atoms with van der Waals surface area (Å²) >= 11 is 1.55. The zero-order valence-corrected chi connectivity index (χ0v) is 16.3. The number of carbonyl (C=O) groups excluding carboxylic acids is 2. The molecule has 1 aromatic heterocycles. The Hall–Kier alpha value is -3.25. The molecule has 0 aliphatic rings. The number of hydrogen-bond acceptors (Lipinski definition) is 4. The Balaban J connectivity index is 1.64. The van der Waals surface area contributed by atoms with Crippen LogP contribution >= 0.6 is 11.3 Å². The highest BCUT2D eigenvalue weighted by Gasteiger charge is 2.22. The van der Waals surface area contributed by atoms with Crippen molar-refractivity contribution in [3.8, 4) is 0 Å². The number of rotatable bonds is 7. The monoisotopic (exact) mass is 391 g/mol. The fourth-order valence-corrected chi connectivity index (χ4v) is 3.46. The predicted octanol–water partition coefficient (Wildman–Crippen LogP) is 3.54. The molecule has 3 aromatic rings. The Morgan fingerprint density at radius 2 is 1.54 bits per heavy atom. The summed E-state index contributed by atoms with van der Waals surface area (Å²) in [6.45, 7) is 1.68. The molecule has 0 radical (unpaired) electrons. The smallest absolute Gasteiger partial charge is 0.259 e. The van der Waals surface area contributed by atoms with Crippen LogP contribution in [0, 0.1) is 0 Å². The number of hydrogen-bond donors (Lipinski definition) is 2. The molecule has 0 aliphatic carbocycles. The average Bonchev–Trinajstić information content (AvgIpc) is 3.27. The van der Waals surface area contributed by atoms with Crippen LogP contribution in [0.25, 0.3) is 0 Å². The molecule has 28 heavy (non-hydrogen) atoms. The molecule has 0 saturated heterocycles. The lowest BCUT2D eigenvalue weighted by molar-refractivity contribution is -0.126. The molecule has 6 heteroatoms. The minimum absolute atomic E-state index is 0.143. The van der Waals surface area contributed by atoms with Gasteiger partial charge in [0.2, 0.25) is 5.91 Å². The largest absolute Gasteiger partial charge is 0.346 e. The molecule has 0 spiro atoms. The van der Waals surface area contributed by atoms with E-state index in [4.69, 9.17) is 0 Å². The first-order valence-electron chi connectivity index (χ1n) is 8.90. The zero-order valence-electron chi connectivity index (χ0n) is 15.5. The van der Waals surface area contributed by atoms with E-state index in [0.29, 0.717) is 0 Å². The van der Waals surface area contributed by atoms with Gasteiger partial charge < -0.3 is 5.32 Å². The van der Waals surface area contributed by atoms with Crippen LogP contribution in [0.5, 0.6) is 0 Å². The summed E-state index contributed by atoms with van der Waals surface area (Å²) in [5.41, 5.74) is 4.96. The second-order valence-corrected chi connectivity index (χ2v) is 7.13. The van der Waals surface area contributed by atoms with Crippen molar-refractivity contribution in [1.29, 1.82) is 0 Å². The van der Waals surface area contributed by atoms with E-state index in [0.717, 1.165) is 21.7 Å². The van der Waals surface area contributed by atoms with E-state index in [1.807, 2.05) is 85.1 Å². The second-order valence-electron chi connectivity index (χ2n) is 6.18. The quantitative estimate of drug-likeness (QED) is 0.478. The third kappa shape index (κ3) is 5.14. The average molecular weight is 391 g/mol. The molecule has 0 saturated carbocycles. The van der Waals surface area contributed by atoms with Crippen molar-refractivity contribution in [1.82, 2.24) is 10.7 Å². The maximum Gasteiger partial charge on any atom is 0.259 e. The molecule has 0 bridgehead atoms. The number of amides is 2. The van der Waals surface area contributed by atoms with E-state index >= 15 is 0 Å². The number of carbonyl (C=O) groups is 2. The van der Waals surface area contributed by atoms with Crippen LogP contribution in [0.3, 0.4) is 0 Å². The summed E-state index contributed by atoms with van der Waals surface area (Å²) in [6.07, 6.45) is 0. The van der Waals surface area contributed by atoms with Gasteiger partial charge >= 0.3 is 0 Å². The first-order chi connectivity index (χ1) is 13.6. The molecule has 1 heterocycles. The van der Waals surface area contributed by atoms with Gasteiger partial charge in [-0.15, -0.1) is 11.3 Å². The van der Waals surface area contributed by atoms with Crippen molar-refractivity contribution in [2.45, 2.75) is 12.8 Å². The van der Waals surface area contributed by atoms with Gasteiger partial charge in [0, 0.05) is 4.88 Å². The molecule has 0 fully saturated rings. The minimum Gasteiger partial charge on any atom is -0.346 e. The molecule has 2 N–H and O–H groups in total. The second kappa shape index (κ2) is 9.62. The summed E-state index contributed by atoms with van der Waals surface area (Å²) in [4.78, 5) is 25.9. The molecular formula is C22H21N3O2S. The third-order valence-electron chi connectivity index (χ3n) is 4.18. The van der Waals surface area contributed by atoms with Crippen LogP contribution < -0.4 is 10.7 Å². The van der Waals surface area contributed by atoms with Gasteiger partial charge in [-0.2, -0.15) is 5.10 Å². The Bertz CT molecular complexity index is 899. The Morgan fingerprint density at radius 1 is 0.929 bits per heavy atom. The summed E-state index contributed by atoms with van der Waals surface area (Å²) in [5.74, 6) is -1.08. The van der Waals surface area contributed by atoms with Gasteiger partial charge in [0.15, 0.2) is 0 Å². The van der Waals surface area contributed by atoms with Gasteiger partial charge in [-0.05, 0) is 29.5 Å². The van der Waals surface area contributed by atoms with Crippen molar-refractivity contribution < 1.29 is 9.59 Å². The van der Waals surface area contributed by atoms with Crippen molar-refractivity contribution in [2.75, 3.05) is 6.54 Å². The van der Waals surface area contributed by atoms with E-state index in [9.17, 15) is 9.59 Å². The molecule has 3 rings (SSSR count). The van der Waals surface area contributed by atoms with Crippen molar-refractivity contribution in [2.24, 2.45) is 5.10 Å². The standard InChI is InChI=1S/C22H21N3O2S/c1-16(19-13-8-14-28-19)24-25-20(26)15-23-22(27)21(17-9-4-2-5-10-17)18-11-6-3-7-12-18/h2-14,21H,15H2,1H3,(H,23,27)(H,25,26). The van der Waals surface area contributed by atoms with Crippen molar-refractivity contribution in [3.05, 3.63) is 94.2 Å².